The fraction of sp³-hybridized carbons (Fsp3) is 0.100. The predicted octanol–water partition coefficient (Wildman–Crippen LogP) is 2.16. The highest BCUT2D eigenvalue weighted by atomic mass is 35.5. The third-order valence-corrected chi connectivity index (χ3v) is 4.17. The number of nitrogens with zero attached hydrogens (tertiary/aromatic N) is 2. The lowest BCUT2D eigenvalue weighted by molar-refractivity contribution is 0.602. The highest BCUT2D eigenvalue weighted by Gasteiger charge is 2.17. The molecule has 2 N–H and O–H groups in total. The lowest BCUT2D eigenvalue weighted by Crippen LogP contribution is -2.05. The van der Waals surface area contributed by atoms with Gasteiger partial charge >= 0.3 is 0 Å². The monoisotopic (exact) mass is 305 g/mol. The Kier molecular flexibility index (Phi) is 3.27. The highest BCUT2D eigenvalue weighted by molar-refractivity contribution is 7.90. The summed E-state index contributed by atoms with van der Waals surface area (Å²) in [5.41, 5.74) is 6.29. The summed E-state index contributed by atoms with van der Waals surface area (Å²) >= 11 is 11.7. The van der Waals surface area contributed by atoms with Crippen molar-refractivity contribution in [2.75, 3.05) is 12.0 Å². The van der Waals surface area contributed by atoms with Crippen LogP contribution in [0.25, 0.3) is 5.69 Å². The van der Waals surface area contributed by atoms with E-state index in [0.717, 1.165) is 6.26 Å². The van der Waals surface area contributed by atoms with Crippen molar-refractivity contribution in [3.63, 3.8) is 0 Å². The van der Waals surface area contributed by atoms with Gasteiger partial charge in [0.25, 0.3) is 0 Å². The van der Waals surface area contributed by atoms with E-state index in [1.165, 1.54) is 10.9 Å². The van der Waals surface area contributed by atoms with Crippen LogP contribution in [0.1, 0.15) is 0 Å². The largest absolute Gasteiger partial charge is 0.382 e. The van der Waals surface area contributed by atoms with Crippen molar-refractivity contribution >= 4 is 38.9 Å². The number of benzene rings is 1. The number of nitrogen functional groups attached to an aromatic ring is 1. The summed E-state index contributed by atoms with van der Waals surface area (Å²) in [6.45, 7) is 0. The maximum atomic E-state index is 11.4. The summed E-state index contributed by atoms with van der Waals surface area (Å²) < 4.78 is 24.2. The fourth-order valence-corrected chi connectivity index (χ4v) is 2.45. The number of aromatic nitrogens is 2. The van der Waals surface area contributed by atoms with Gasteiger partial charge in [-0.15, -0.1) is 0 Å². The molecular formula is C10H9Cl2N3O2S. The van der Waals surface area contributed by atoms with Crippen LogP contribution in [0, 0.1) is 0 Å². The van der Waals surface area contributed by atoms with E-state index in [2.05, 4.69) is 5.10 Å². The van der Waals surface area contributed by atoms with Gasteiger partial charge in [0.05, 0.1) is 21.9 Å². The van der Waals surface area contributed by atoms with Gasteiger partial charge in [0.2, 0.25) is 0 Å². The molecule has 1 aromatic heterocycles. The van der Waals surface area contributed by atoms with Gasteiger partial charge in [-0.1, -0.05) is 23.2 Å². The van der Waals surface area contributed by atoms with Crippen molar-refractivity contribution in [2.24, 2.45) is 0 Å². The fourth-order valence-electron chi connectivity index (χ4n) is 1.45. The van der Waals surface area contributed by atoms with E-state index >= 15 is 0 Å². The van der Waals surface area contributed by atoms with E-state index in [1.807, 2.05) is 0 Å². The SMILES string of the molecule is CS(=O)(=O)c1cnn(-c2ccc(Cl)c(Cl)c2)c1N. The van der Waals surface area contributed by atoms with Crippen molar-refractivity contribution in [1.82, 2.24) is 9.78 Å². The van der Waals surface area contributed by atoms with Crippen LogP contribution >= 0.6 is 23.2 Å². The molecule has 0 radical (unpaired) electrons. The normalized spacial score (nSPS) is 11.7. The minimum atomic E-state index is -3.41. The van der Waals surface area contributed by atoms with Crippen molar-refractivity contribution in [1.29, 1.82) is 0 Å². The second-order valence-corrected chi connectivity index (χ2v) is 6.47. The summed E-state index contributed by atoms with van der Waals surface area (Å²) in [4.78, 5) is -0.0198. The molecule has 0 saturated carbocycles. The summed E-state index contributed by atoms with van der Waals surface area (Å²) in [7, 11) is -3.41. The summed E-state index contributed by atoms with van der Waals surface area (Å²) in [5.74, 6) is 0.0379. The average Bonchev–Trinajstić information content (AvgIpc) is 2.64. The van der Waals surface area contributed by atoms with E-state index in [4.69, 9.17) is 28.9 Å². The summed E-state index contributed by atoms with van der Waals surface area (Å²) in [6.07, 6.45) is 2.27. The van der Waals surface area contributed by atoms with Gasteiger partial charge in [-0.05, 0) is 18.2 Å². The molecule has 96 valence electrons. The smallest absolute Gasteiger partial charge is 0.180 e. The van der Waals surface area contributed by atoms with Gasteiger partial charge in [-0.3, -0.25) is 0 Å². The van der Waals surface area contributed by atoms with Crippen LogP contribution in [0.5, 0.6) is 0 Å². The molecule has 18 heavy (non-hydrogen) atoms. The first-order valence-corrected chi connectivity index (χ1v) is 7.44. The number of rotatable bonds is 2. The Bertz CT molecular complexity index is 710. The third kappa shape index (κ3) is 2.31. The van der Waals surface area contributed by atoms with Crippen molar-refractivity contribution in [3.05, 3.63) is 34.4 Å². The van der Waals surface area contributed by atoms with E-state index in [1.54, 1.807) is 18.2 Å². The van der Waals surface area contributed by atoms with Crippen LogP contribution in [0.4, 0.5) is 5.82 Å². The summed E-state index contributed by atoms with van der Waals surface area (Å²) in [6, 6.07) is 4.78. The molecule has 0 bridgehead atoms. The van der Waals surface area contributed by atoms with Crippen molar-refractivity contribution < 1.29 is 8.42 Å². The van der Waals surface area contributed by atoms with Gasteiger partial charge < -0.3 is 5.73 Å². The Balaban J connectivity index is 2.59. The van der Waals surface area contributed by atoms with Crippen LogP contribution in [0.15, 0.2) is 29.3 Å². The Morgan fingerprint density at radius 3 is 2.44 bits per heavy atom. The van der Waals surface area contributed by atoms with Crippen LogP contribution in [0.2, 0.25) is 10.0 Å². The molecule has 0 spiro atoms. The van der Waals surface area contributed by atoms with Crippen molar-refractivity contribution in [2.45, 2.75) is 4.90 Å². The second kappa shape index (κ2) is 4.46. The minimum Gasteiger partial charge on any atom is -0.382 e. The number of hydrogen-bond acceptors (Lipinski definition) is 4. The molecule has 0 fully saturated rings. The topological polar surface area (TPSA) is 78.0 Å². The van der Waals surface area contributed by atoms with E-state index in [-0.39, 0.29) is 10.7 Å². The van der Waals surface area contributed by atoms with Crippen LogP contribution in [0.3, 0.4) is 0 Å². The average molecular weight is 306 g/mol. The van der Waals surface area contributed by atoms with Crippen LogP contribution in [-0.2, 0) is 9.84 Å². The Labute approximate surface area is 114 Å². The zero-order chi connectivity index (χ0) is 13.5. The molecule has 0 atom stereocenters. The maximum absolute atomic E-state index is 11.4. The second-order valence-electron chi connectivity index (χ2n) is 3.68. The lowest BCUT2D eigenvalue weighted by atomic mass is 10.3. The Hall–Kier alpha value is -1.24. The molecule has 0 amide bonds. The predicted molar refractivity (Wildman–Crippen MR) is 71.1 cm³/mol. The zero-order valence-electron chi connectivity index (χ0n) is 9.26. The molecule has 0 aliphatic rings. The molecular weight excluding hydrogens is 297 g/mol. The molecule has 2 rings (SSSR count). The number of halogens is 2. The van der Waals surface area contributed by atoms with Crippen molar-refractivity contribution in [3.8, 4) is 5.69 Å². The Morgan fingerprint density at radius 1 is 1.28 bits per heavy atom. The third-order valence-electron chi connectivity index (χ3n) is 2.32. The molecule has 0 aliphatic heterocycles. The molecule has 1 heterocycles. The van der Waals surface area contributed by atoms with Gasteiger partial charge in [0.15, 0.2) is 9.84 Å². The van der Waals surface area contributed by atoms with E-state index in [9.17, 15) is 8.42 Å². The van der Waals surface area contributed by atoms with E-state index in [0.29, 0.717) is 15.7 Å². The number of sulfone groups is 1. The maximum Gasteiger partial charge on any atom is 0.180 e. The molecule has 5 nitrogen and oxygen atoms in total. The van der Waals surface area contributed by atoms with Crippen LogP contribution < -0.4 is 5.73 Å². The standard InChI is InChI=1S/C10H9Cl2N3O2S/c1-18(16,17)9-5-14-15(10(9)13)6-2-3-7(11)8(12)4-6/h2-5H,13H2,1H3. The number of nitrogens with two attached hydrogens (primary N) is 1. The molecule has 0 aliphatic carbocycles. The lowest BCUT2D eigenvalue weighted by Gasteiger charge is -2.05. The Morgan fingerprint density at radius 2 is 1.94 bits per heavy atom. The quantitative estimate of drug-likeness (QED) is 0.922. The summed E-state index contributed by atoms with van der Waals surface area (Å²) in [5, 5.41) is 4.67. The van der Waals surface area contributed by atoms with Crippen LogP contribution in [-0.4, -0.2) is 24.5 Å². The van der Waals surface area contributed by atoms with Gasteiger partial charge in [0, 0.05) is 6.26 Å². The van der Waals surface area contributed by atoms with Gasteiger partial charge in [-0.25, -0.2) is 13.1 Å². The first-order chi connectivity index (χ1) is 8.30. The highest BCUT2D eigenvalue weighted by Crippen LogP contribution is 2.27. The molecule has 0 unspecified atom stereocenters. The molecule has 2 aromatic rings. The first kappa shape index (κ1) is 13.2. The molecule has 1 aromatic carbocycles. The molecule has 0 saturated heterocycles. The van der Waals surface area contributed by atoms with Gasteiger partial charge in [0.1, 0.15) is 10.7 Å². The zero-order valence-corrected chi connectivity index (χ0v) is 11.6. The number of hydrogen-bond donors (Lipinski definition) is 1. The first-order valence-electron chi connectivity index (χ1n) is 4.79. The van der Waals surface area contributed by atoms with Gasteiger partial charge in [-0.2, -0.15) is 5.10 Å². The molecule has 8 heteroatoms. The number of anilines is 1. The minimum absolute atomic E-state index is 0.0198. The van der Waals surface area contributed by atoms with E-state index < -0.39 is 9.84 Å².